The minimum Gasteiger partial charge on any atom is -0.263 e. The highest BCUT2D eigenvalue weighted by Gasteiger charge is 2.50. The molecule has 0 bridgehead atoms. The third kappa shape index (κ3) is 4.13. The molecule has 0 N–H and O–H groups in total. The summed E-state index contributed by atoms with van der Waals surface area (Å²) >= 11 is 0. The molecule has 3 heterocycles. The monoisotopic (exact) mass is 692 g/mol. The summed E-state index contributed by atoms with van der Waals surface area (Å²) in [4.78, 5) is 23.3. The SMILES string of the molecule is [C-]#[N+]c1cccc(C#N)c1B1c2cc(C)c(C)cc2N2C(=O)N3c4cc(C)c(C)cc4B(c4c(C#N)cccc4C#N)c4cc(C)c5c(C)cc1c2c5c43. The maximum Gasteiger partial charge on any atom is 0.338 e. The van der Waals surface area contributed by atoms with Gasteiger partial charge in [-0.3, -0.25) is 9.80 Å². The van der Waals surface area contributed by atoms with Crippen molar-refractivity contribution in [1.29, 1.82) is 15.8 Å². The molecule has 54 heavy (non-hydrogen) atoms. The number of rotatable bonds is 2. The average molecular weight is 692 g/mol. The molecule has 0 spiro atoms. The molecule has 0 fully saturated rings. The van der Waals surface area contributed by atoms with E-state index in [-0.39, 0.29) is 6.03 Å². The van der Waals surface area contributed by atoms with E-state index in [0.29, 0.717) is 39.0 Å². The topological polar surface area (TPSA) is 99.3 Å². The van der Waals surface area contributed by atoms with E-state index in [0.717, 1.165) is 83.1 Å². The Bertz CT molecular complexity index is 2700. The maximum absolute atomic E-state index is 15.7. The van der Waals surface area contributed by atoms with Crippen LogP contribution in [0.25, 0.3) is 15.6 Å². The summed E-state index contributed by atoms with van der Waals surface area (Å²) in [5, 5.41) is 33.3. The fourth-order valence-corrected chi connectivity index (χ4v) is 9.33. The second kappa shape index (κ2) is 11.5. The van der Waals surface area contributed by atoms with Crippen molar-refractivity contribution >= 4 is 91.4 Å². The summed E-state index contributed by atoms with van der Waals surface area (Å²) in [5.74, 6) is 0. The second-order valence-electron chi connectivity index (χ2n) is 14.8. The number of hydrogen-bond donors (Lipinski definition) is 0. The van der Waals surface area contributed by atoms with Gasteiger partial charge in [-0.2, -0.15) is 15.8 Å². The van der Waals surface area contributed by atoms with Crippen LogP contribution in [0.5, 0.6) is 0 Å². The third-order valence-electron chi connectivity index (χ3n) is 11.9. The Morgan fingerprint density at radius 3 is 1.43 bits per heavy atom. The van der Waals surface area contributed by atoms with Gasteiger partial charge in [0.15, 0.2) is 5.69 Å². The van der Waals surface area contributed by atoms with E-state index in [1.165, 1.54) is 0 Å². The molecule has 2 amide bonds. The number of nitriles is 3. The first-order valence-electron chi connectivity index (χ1n) is 17.8. The minimum atomic E-state index is -0.515. The van der Waals surface area contributed by atoms with Gasteiger partial charge >= 0.3 is 6.03 Å². The second-order valence-corrected chi connectivity index (χ2v) is 14.8. The van der Waals surface area contributed by atoms with Crippen molar-refractivity contribution in [2.75, 3.05) is 9.80 Å². The van der Waals surface area contributed by atoms with E-state index >= 15 is 4.79 Å². The van der Waals surface area contributed by atoms with Crippen LogP contribution in [-0.4, -0.2) is 19.5 Å². The molecule has 6 aromatic carbocycles. The summed E-state index contributed by atoms with van der Waals surface area (Å²) in [5.41, 5.74) is 15.3. The number of carbonyl (C=O) groups is 1. The number of nitrogens with zero attached hydrogens (tertiary/aromatic N) is 6. The normalized spacial score (nSPS) is 13.2. The van der Waals surface area contributed by atoms with Crippen LogP contribution in [0, 0.1) is 82.1 Å². The number of urea groups is 1. The lowest BCUT2D eigenvalue weighted by molar-refractivity contribution is 0.255. The fraction of sp³-hybridized carbons (Fsp3) is 0.133. The van der Waals surface area contributed by atoms with E-state index in [9.17, 15) is 15.8 Å². The van der Waals surface area contributed by atoms with Crippen LogP contribution in [0.15, 0.2) is 72.8 Å². The molecule has 0 radical (unpaired) electrons. The number of anilines is 4. The fourth-order valence-electron chi connectivity index (χ4n) is 9.33. The smallest absolute Gasteiger partial charge is 0.263 e. The Balaban J connectivity index is 1.52. The van der Waals surface area contributed by atoms with E-state index in [1.54, 1.807) is 36.4 Å². The zero-order valence-electron chi connectivity index (χ0n) is 30.7. The van der Waals surface area contributed by atoms with Crippen LogP contribution in [0.1, 0.15) is 50.1 Å². The minimum absolute atomic E-state index is 0.238. The Hall–Kier alpha value is -7.06. The Morgan fingerprint density at radius 2 is 0.963 bits per heavy atom. The molecule has 0 saturated heterocycles. The standard InChI is InChI=1S/C45H30B2N6O/c1-23-14-32-37(18-25(23)3)52-43-34(46(32)41-29(20-48)10-8-11-30(41)21-49)16-27(5)39-28(6)17-35-44(40(39)43)53(45(52)54)38-19-26(4)24(2)15-33(38)47(35)42-31(22-50)12-9-13-36(42)51-7/h8-19H,1-6H3. The van der Waals surface area contributed by atoms with Crippen molar-refractivity contribution < 1.29 is 4.79 Å². The van der Waals surface area contributed by atoms with Crippen LogP contribution < -0.4 is 42.6 Å². The number of aryl methyl sites for hydroxylation is 6. The van der Waals surface area contributed by atoms with E-state index in [4.69, 9.17) is 6.57 Å². The van der Waals surface area contributed by atoms with Crippen molar-refractivity contribution in [1.82, 2.24) is 0 Å². The molecule has 0 unspecified atom stereocenters. The van der Waals surface area contributed by atoms with Crippen molar-refractivity contribution in [3.05, 3.63) is 134 Å². The largest absolute Gasteiger partial charge is 0.338 e. The molecule has 6 aromatic rings. The lowest BCUT2D eigenvalue weighted by atomic mass is 9.32. The predicted octanol–water partition coefficient (Wildman–Crippen LogP) is 5.93. The first-order valence-corrected chi connectivity index (χ1v) is 17.8. The number of fused-ring (bicyclic) bond motifs is 4. The Morgan fingerprint density at radius 1 is 0.556 bits per heavy atom. The lowest BCUT2D eigenvalue weighted by Crippen LogP contribution is -2.65. The molecule has 9 rings (SSSR count). The molecule has 3 aliphatic heterocycles. The molecular formula is C45H30B2N6O. The van der Waals surface area contributed by atoms with Crippen molar-refractivity contribution in [3.63, 3.8) is 0 Å². The van der Waals surface area contributed by atoms with Gasteiger partial charge in [-0.25, -0.2) is 9.64 Å². The highest BCUT2D eigenvalue weighted by atomic mass is 16.2. The molecule has 0 aromatic heterocycles. The highest BCUT2D eigenvalue weighted by Crippen LogP contribution is 2.49. The van der Waals surface area contributed by atoms with Crippen LogP contribution in [0.4, 0.5) is 33.2 Å². The molecule has 0 aliphatic carbocycles. The van der Waals surface area contributed by atoms with Crippen molar-refractivity contribution in [2.45, 2.75) is 41.5 Å². The highest BCUT2D eigenvalue weighted by molar-refractivity contribution is 7.01. The van der Waals surface area contributed by atoms with Gasteiger partial charge in [0.25, 0.3) is 0 Å². The lowest BCUT2D eigenvalue weighted by Gasteiger charge is -2.47. The first-order chi connectivity index (χ1) is 26.0. The zero-order valence-corrected chi connectivity index (χ0v) is 30.7. The van der Waals surface area contributed by atoms with Gasteiger partial charge in [-0.15, -0.1) is 0 Å². The molecule has 7 nitrogen and oxygen atoms in total. The summed E-state index contributed by atoms with van der Waals surface area (Å²) < 4.78 is 0. The van der Waals surface area contributed by atoms with Gasteiger partial charge in [0, 0.05) is 33.5 Å². The molecular weight excluding hydrogens is 662 g/mol. The number of carbonyl (C=O) groups excluding carboxylic acids is 1. The number of amides is 2. The zero-order chi connectivity index (χ0) is 37.9. The van der Waals surface area contributed by atoms with Gasteiger partial charge in [0.1, 0.15) is 0 Å². The van der Waals surface area contributed by atoms with Gasteiger partial charge in [0.05, 0.1) is 36.2 Å². The third-order valence-corrected chi connectivity index (χ3v) is 11.9. The van der Waals surface area contributed by atoms with Gasteiger partial charge in [0.2, 0.25) is 13.4 Å². The van der Waals surface area contributed by atoms with Crippen LogP contribution in [0.3, 0.4) is 0 Å². The van der Waals surface area contributed by atoms with Gasteiger partial charge < -0.3 is 0 Å². The quantitative estimate of drug-likeness (QED) is 0.166. The van der Waals surface area contributed by atoms with Crippen LogP contribution in [-0.2, 0) is 0 Å². The average Bonchev–Trinajstić information content (AvgIpc) is 3.16. The summed E-state index contributed by atoms with van der Waals surface area (Å²) in [6.45, 7) is 19.5. The van der Waals surface area contributed by atoms with E-state index in [1.807, 2.05) is 37.5 Å². The summed E-state index contributed by atoms with van der Waals surface area (Å²) in [6, 6.07) is 30.0. The molecule has 252 valence electrons. The van der Waals surface area contributed by atoms with Gasteiger partial charge in [-0.05, 0) is 143 Å². The predicted molar refractivity (Wildman–Crippen MR) is 218 cm³/mol. The molecule has 0 saturated carbocycles. The molecule has 3 aliphatic rings. The first kappa shape index (κ1) is 32.8. The van der Waals surface area contributed by atoms with Crippen LogP contribution >= 0.6 is 0 Å². The number of hydrogen-bond acceptors (Lipinski definition) is 4. The number of benzene rings is 6. The van der Waals surface area contributed by atoms with Crippen molar-refractivity contribution in [3.8, 4) is 18.2 Å². The molecule has 9 heteroatoms. The van der Waals surface area contributed by atoms with Crippen LogP contribution in [0.2, 0.25) is 0 Å². The van der Waals surface area contributed by atoms with E-state index in [2.05, 4.69) is 73.3 Å². The Labute approximate surface area is 314 Å². The van der Waals surface area contributed by atoms with E-state index < -0.39 is 13.4 Å². The van der Waals surface area contributed by atoms with Crippen molar-refractivity contribution in [2.24, 2.45) is 0 Å². The Kier molecular flexibility index (Phi) is 6.97. The van der Waals surface area contributed by atoms with Gasteiger partial charge in [-0.1, -0.05) is 42.5 Å². The maximum atomic E-state index is 15.7. The summed E-state index contributed by atoms with van der Waals surface area (Å²) in [6.07, 6.45) is 0. The molecule has 0 atom stereocenters. The summed E-state index contributed by atoms with van der Waals surface area (Å²) in [7, 11) is 0.